The van der Waals surface area contributed by atoms with E-state index in [1.165, 1.54) is 0 Å². The normalized spacial score (nSPS) is 11.1. The summed E-state index contributed by atoms with van der Waals surface area (Å²) in [5, 5.41) is 1.53. The lowest BCUT2D eigenvalue weighted by molar-refractivity contribution is 0.620. The summed E-state index contributed by atoms with van der Waals surface area (Å²) in [4.78, 5) is 4.35. The van der Waals surface area contributed by atoms with E-state index in [9.17, 15) is 0 Å². The van der Waals surface area contributed by atoms with E-state index in [4.69, 9.17) is 39.2 Å². The molecular formula is C13H6Cl3NO. The Morgan fingerprint density at radius 1 is 0.944 bits per heavy atom. The van der Waals surface area contributed by atoms with E-state index in [2.05, 4.69) is 4.98 Å². The van der Waals surface area contributed by atoms with E-state index >= 15 is 0 Å². The van der Waals surface area contributed by atoms with Crippen LogP contribution >= 0.6 is 34.8 Å². The number of nitrogens with zero attached hydrogens (tertiary/aromatic N) is 1. The first-order chi connectivity index (χ1) is 8.65. The summed E-state index contributed by atoms with van der Waals surface area (Å²) in [6.07, 6.45) is 0. The van der Waals surface area contributed by atoms with Gasteiger partial charge in [0.05, 0.1) is 15.6 Å². The standard InChI is InChI=1S/C13H6Cl3NO/c14-7-5-10(16)12-11(6-7)17-13(18-12)8-3-1-2-4-9(8)15/h1-6H. The molecule has 2 nitrogen and oxygen atoms in total. The van der Waals surface area contributed by atoms with Crippen molar-refractivity contribution in [2.24, 2.45) is 0 Å². The number of fused-ring (bicyclic) bond motifs is 1. The van der Waals surface area contributed by atoms with Gasteiger partial charge in [0.2, 0.25) is 5.89 Å². The number of hydrogen-bond donors (Lipinski definition) is 0. The Bertz CT molecular complexity index is 736. The van der Waals surface area contributed by atoms with Gasteiger partial charge in [0, 0.05) is 5.02 Å². The van der Waals surface area contributed by atoms with Gasteiger partial charge in [-0.15, -0.1) is 0 Å². The van der Waals surface area contributed by atoms with Crippen LogP contribution in [0.2, 0.25) is 15.1 Å². The summed E-state index contributed by atoms with van der Waals surface area (Å²) < 4.78 is 5.63. The zero-order valence-electron chi connectivity index (χ0n) is 8.95. The molecule has 5 heteroatoms. The van der Waals surface area contributed by atoms with Crippen LogP contribution in [0.4, 0.5) is 0 Å². The molecule has 0 aliphatic carbocycles. The fourth-order valence-corrected chi connectivity index (χ4v) is 2.45. The van der Waals surface area contributed by atoms with Crippen molar-refractivity contribution in [2.75, 3.05) is 0 Å². The topological polar surface area (TPSA) is 26.0 Å². The minimum Gasteiger partial charge on any atom is -0.434 e. The Hall–Kier alpha value is -1.22. The highest BCUT2D eigenvalue weighted by molar-refractivity contribution is 6.38. The molecule has 0 unspecified atom stereocenters. The van der Waals surface area contributed by atoms with Crippen molar-refractivity contribution in [3.8, 4) is 11.5 Å². The smallest absolute Gasteiger partial charge is 0.228 e. The molecule has 0 amide bonds. The molecule has 0 saturated heterocycles. The molecule has 0 N–H and O–H groups in total. The third kappa shape index (κ3) is 1.97. The van der Waals surface area contributed by atoms with Crippen LogP contribution in [0.3, 0.4) is 0 Å². The fourth-order valence-electron chi connectivity index (χ4n) is 1.71. The van der Waals surface area contributed by atoms with Crippen LogP contribution in [0.5, 0.6) is 0 Å². The third-order valence-corrected chi connectivity index (χ3v) is 3.34. The van der Waals surface area contributed by atoms with E-state index in [0.29, 0.717) is 32.1 Å². The molecular weight excluding hydrogens is 293 g/mol. The second-order valence-electron chi connectivity index (χ2n) is 3.73. The maximum atomic E-state index is 6.10. The summed E-state index contributed by atoms with van der Waals surface area (Å²) >= 11 is 18.1. The van der Waals surface area contributed by atoms with E-state index in [0.717, 1.165) is 5.56 Å². The van der Waals surface area contributed by atoms with E-state index in [1.807, 2.05) is 18.2 Å². The first-order valence-corrected chi connectivity index (χ1v) is 6.29. The monoisotopic (exact) mass is 297 g/mol. The fraction of sp³-hybridized carbons (Fsp3) is 0. The van der Waals surface area contributed by atoms with Crippen molar-refractivity contribution < 1.29 is 4.42 Å². The van der Waals surface area contributed by atoms with Crippen molar-refractivity contribution in [1.82, 2.24) is 4.98 Å². The first kappa shape index (κ1) is 11.8. The van der Waals surface area contributed by atoms with Crippen LogP contribution in [0.25, 0.3) is 22.6 Å². The number of benzene rings is 2. The van der Waals surface area contributed by atoms with E-state index in [-0.39, 0.29) is 0 Å². The van der Waals surface area contributed by atoms with Gasteiger partial charge in [-0.1, -0.05) is 46.9 Å². The lowest BCUT2D eigenvalue weighted by Crippen LogP contribution is -1.77. The van der Waals surface area contributed by atoms with Gasteiger partial charge in [-0.2, -0.15) is 0 Å². The van der Waals surface area contributed by atoms with Crippen molar-refractivity contribution >= 4 is 45.9 Å². The zero-order valence-corrected chi connectivity index (χ0v) is 11.2. The molecule has 0 aliphatic heterocycles. The molecule has 1 aromatic heterocycles. The minimum atomic E-state index is 0.430. The summed E-state index contributed by atoms with van der Waals surface area (Å²) in [6, 6.07) is 10.6. The average Bonchev–Trinajstić information content (AvgIpc) is 2.73. The van der Waals surface area contributed by atoms with Crippen LogP contribution in [-0.2, 0) is 0 Å². The second-order valence-corrected chi connectivity index (χ2v) is 4.99. The summed E-state index contributed by atoms with van der Waals surface area (Å²) in [7, 11) is 0. The largest absolute Gasteiger partial charge is 0.434 e. The average molecular weight is 299 g/mol. The molecule has 0 atom stereocenters. The van der Waals surface area contributed by atoms with Crippen LogP contribution in [0.15, 0.2) is 40.8 Å². The van der Waals surface area contributed by atoms with Crippen molar-refractivity contribution in [1.29, 1.82) is 0 Å². The Morgan fingerprint density at radius 3 is 2.50 bits per heavy atom. The Balaban J connectivity index is 2.26. The minimum absolute atomic E-state index is 0.430. The molecule has 2 aromatic carbocycles. The second kappa shape index (κ2) is 4.47. The SMILES string of the molecule is Clc1cc(Cl)c2oc(-c3ccccc3Cl)nc2c1. The number of oxazole rings is 1. The molecule has 3 aromatic rings. The molecule has 3 rings (SSSR count). The summed E-state index contributed by atoms with van der Waals surface area (Å²) in [6.45, 7) is 0. The highest BCUT2D eigenvalue weighted by Gasteiger charge is 2.13. The molecule has 90 valence electrons. The molecule has 0 aliphatic rings. The lowest BCUT2D eigenvalue weighted by Gasteiger charge is -1.96. The first-order valence-electron chi connectivity index (χ1n) is 5.15. The predicted octanol–water partition coefficient (Wildman–Crippen LogP) is 5.46. The Kier molecular flexibility index (Phi) is 2.94. The van der Waals surface area contributed by atoms with Gasteiger partial charge >= 0.3 is 0 Å². The molecule has 0 fully saturated rings. The molecule has 0 spiro atoms. The van der Waals surface area contributed by atoms with Crippen molar-refractivity contribution in [3.05, 3.63) is 51.5 Å². The van der Waals surface area contributed by atoms with Gasteiger partial charge in [-0.25, -0.2) is 4.98 Å². The summed E-state index contributed by atoms with van der Waals surface area (Å²) in [5.74, 6) is 0.430. The van der Waals surface area contributed by atoms with Crippen LogP contribution in [0, 0.1) is 0 Å². The molecule has 0 radical (unpaired) electrons. The Morgan fingerprint density at radius 2 is 1.72 bits per heavy atom. The molecule has 1 heterocycles. The molecule has 18 heavy (non-hydrogen) atoms. The molecule has 0 saturated carbocycles. The predicted molar refractivity (Wildman–Crippen MR) is 74.5 cm³/mol. The lowest BCUT2D eigenvalue weighted by atomic mass is 10.2. The maximum absolute atomic E-state index is 6.10. The molecule has 0 bridgehead atoms. The quantitative estimate of drug-likeness (QED) is 0.596. The van der Waals surface area contributed by atoms with E-state index in [1.54, 1.807) is 18.2 Å². The van der Waals surface area contributed by atoms with E-state index < -0.39 is 0 Å². The van der Waals surface area contributed by atoms with Gasteiger partial charge in [0.15, 0.2) is 5.58 Å². The van der Waals surface area contributed by atoms with Crippen LogP contribution in [-0.4, -0.2) is 4.98 Å². The van der Waals surface area contributed by atoms with Gasteiger partial charge in [0.25, 0.3) is 0 Å². The Labute approximate surface area is 118 Å². The van der Waals surface area contributed by atoms with Crippen LogP contribution < -0.4 is 0 Å². The highest BCUT2D eigenvalue weighted by atomic mass is 35.5. The van der Waals surface area contributed by atoms with Gasteiger partial charge < -0.3 is 4.42 Å². The van der Waals surface area contributed by atoms with Gasteiger partial charge in [-0.3, -0.25) is 0 Å². The van der Waals surface area contributed by atoms with Gasteiger partial charge in [-0.05, 0) is 24.3 Å². The number of aromatic nitrogens is 1. The number of hydrogen-bond acceptors (Lipinski definition) is 2. The summed E-state index contributed by atoms with van der Waals surface area (Å²) in [5.41, 5.74) is 1.85. The van der Waals surface area contributed by atoms with Crippen molar-refractivity contribution in [3.63, 3.8) is 0 Å². The highest BCUT2D eigenvalue weighted by Crippen LogP contribution is 2.34. The number of rotatable bonds is 1. The zero-order chi connectivity index (χ0) is 12.7. The van der Waals surface area contributed by atoms with Crippen LogP contribution in [0.1, 0.15) is 0 Å². The third-order valence-electron chi connectivity index (χ3n) is 2.51. The maximum Gasteiger partial charge on any atom is 0.228 e. The van der Waals surface area contributed by atoms with Gasteiger partial charge in [0.1, 0.15) is 5.52 Å². The number of halogens is 3. The van der Waals surface area contributed by atoms with Crippen molar-refractivity contribution in [2.45, 2.75) is 0 Å².